The molecule has 2 heterocycles. The fourth-order valence-electron chi connectivity index (χ4n) is 4.88. The van der Waals surface area contributed by atoms with E-state index in [1.54, 1.807) is 57.3 Å². The van der Waals surface area contributed by atoms with E-state index in [0.29, 0.717) is 17.9 Å². The molecule has 13 heteroatoms. The largest absolute Gasteiger partial charge is 0.444 e. The smallest absolute Gasteiger partial charge is 0.418 e. The Balaban J connectivity index is 1.51. The Morgan fingerprint density at radius 1 is 0.979 bits per heavy atom. The van der Waals surface area contributed by atoms with Gasteiger partial charge in [-0.05, 0) is 81.5 Å². The third-order valence-electron chi connectivity index (χ3n) is 7.04. The molecule has 10 nitrogen and oxygen atoms in total. The van der Waals surface area contributed by atoms with Gasteiger partial charge in [0.05, 0.1) is 41.3 Å². The van der Waals surface area contributed by atoms with Crippen LogP contribution in [0.2, 0.25) is 0 Å². The zero-order valence-corrected chi connectivity index (χ0v) is 27.0. The van der Waals surface area contributed by atoms with Crippen LogP contribution in [0.1, 0.15) is 68.1 Å². The summed E-state index contributed by atoms with van der Waals surface area (Å²) in [6, 6.07) is 12.1. The number of hydrogen-bond donors (Lipinski definition) is 2. The zero-order valence-electron chi connectivity index (χ0n) is 27.0. The van der Waals surface area contributed by atoms with Crippen LogP contribution in [0.3, 0.4) is 0 Å². The highest BCUT2D eigenvalue weighted by molar-refractivity contribution is 6.12. The van der Waals surface area contributed by atoms with Gasteiger partial charge >= 0.3 is 12.3 Å². The number of amides is 2. The molecule has 1 aliphatic rings. The highest BCUT2D eigenvalue weighted by Crippen LogP contribution is 2.41. The molecule has 0 radical (unpaired) electrons. The fourth-order valence-corrected chi connectivity index (χ4v) is 4.88. The van der Waals surface area contributed by atoms with E-state index in [9.17, 15) is 27.6 Å². The van der Waals surface area contributed by atoms with Crippen molar-refractivity contribution in [2.24, 2.45) is 0 Å². The van der Waals surface area contributed by atoms with Crippen molar-refractivity contribution in [1.29, 1.82) is 0 Å². The van der Waals surface area contributed by atoms with Crippen LogP contribution in [0, 0.1) is 0 Å². The van der Waals surface area contributed by atoms with E-state index < -0.39 is 41.5 Å². The molecular weight excluding hydrogens is 617 g/mol. The van der Waals surface area contributed by atoms with Crippen LogP contribution >= 0.6 is 0 Å². The molecule has 1 aromatic heterocycles. The summed E-state index contributed by atoms with van der Waals surface area (Å²) in [5.74, 6) is -1.43. The molecule has 1 fully saturated rings. The molecule has 3 aromatic rings. The second-order valence-electron chi connectivity index (χ2n) is 12.3. The summed E-state index contributed by atoms with van der Waals surface area (Å²) >= 11 is 0. The molecule has 0 spiro atoms. The quantitative estimate of drug-likeness (QED) is 0.171. The number of nitrogens with zero attached hydrogens (tertiary/aromatic N) is 2. The lowest BCUT2D eigenvalue weighted by Gasteiger charge is -2.24. The van der Waals surface area contributed by atoms with Crippen LogP contribution in [-0.4, -0.2) is 55.4 Å². The molecule has 2 aromatic carbocycles. The highest BCUT2D eigenvalue weighted by atomic mass is 19.4. The van der Waals surface area contributed by atoms with Gasteiger partial charge in [-0.1, -0.05) is 18.2 Å². The summed E-state index contributed by atoms with van der Waals surface area (Å²) in [4.78, 5) is 44.3. The minimum atomic E-state index is -4.78. The topological polar surface area (TPSA) is 119 Å². The first-order valence-corrected chi connectivity index (χ1v) is 15.1. The number of hydrogen-bond acceptors (Lipinski definition) is 8. The number of anilines is 3. The van der Waals surface area contributed by atoms with E-state index in [2.05, 4.69) is 15.6 Å². The van der Waals surface area contributed by atoms with Gasteiger partial charge in [0.1, 0.15) is 5.60 Å². The van der Waals surface area contributed by atoms with Crippen molar-refractivity contribution in [3.05, 3.63) is 71.5 Å². The van der Waals surface area contributed by atoms with Gasteiger partial charge < -0.3 is 24.4 Å². The Morgan fingerprint density at radius 3 is 2.36 bits per heavy atom. The maximum atomic E-state index is 14.0. The monoisotopic (exact) mass is 656 g/mol. The lowest BCUT2D eigenvalue weighted by molar-refractivity contribution is -0.169. The summed E-state index contributed by atoms with van der Waals surface area (Å²) in [5.41, 5.74) is -0.261. The van der Waals surface area contributed by atoms with Gasteiger partial charge in [0, 0.05) is 32.5 Å². The summed E-state index contributed by atoms with van der Waals surface area (Å²) in [6.45, 7) is 5.81. The number of benzene rings is 2. The van der Waals surface area contributed by atoms with Crippen molar-refractivity contribution in [2.75, 3.05) is 36.2 Å². The Labute approximate surface area is 271 Å². The van der Waals surface area contributed by atoms with Crippen LogP contribution in [0.25, 0.3) is 11.1 Å². The van der Waals surface area contributed by atoms with Gasteiger partial charge in [-0.3, -0.25) is 19.9 Å². The molecule has 0 aliphatic carbocycles. The molecule has 4 rings (SSSR count). The Kier molecular flexibility index (Phi) is 11.2. The average Bonchev–Trinajstić information content (AvgIpc) is 2.99. The third kappa shape index (κ3) is 10.2. The zero-order chi connectivity index (χ0) is 34.4. The van der Waals surface area contributed by atoms with Crippen molar-refractivity contribution in [1.82, 2.24) is 4.98 Å². The number of alkyl halides is 3. The predicted molar refractivity (Wildman–Crippen MR) is 171 cm³/mol. The van der Waals surface area contributed by atoms with Crippen LogP contribution in [0.4, 0.5) is 35.0 Å². The molecule has 47 heavy (non-hydrogen) atoms. The standard InChI is InChI=1S/C34H39F3N4O6/c1-33(2,3)47-32(44)40-27-18-28(41(4)5)25(34(35,36)37)17-26(27)39-30(43)19-29(42)23-10-8-9-21(15-23)22-12-13-38-24(16-22)20-46-31-11-6-7-14-45-31/h8-10,12-13,15-18,31H,6-7,11,14,19-20H2,1-5H3,(H,39,43)(H,40,44). The number of ether oxygens (including phenoxy) is 3. The lowest BCUT2D eigenvalue weighted by Crippen LogP contribution is -2.28. The predicted octanol–water partition coefficient (Wildman–Crippen LogP) is 7.44. The Bertz CT molecular complexity index is 1600. The molecule has 1 saturated heterocycles. The van der Waals surface area contributed by atoms with E-state index in [4.69, 9.17) is 14.2 Å². The number of nitrogens with one attached hydrogen (secondary N) is 2. The second-order valence-corrected chi connectivity index (χ2v) is 12.3. The van der Waals surface area contributed by atoms with Crippen LogP contribution < -0.4 is 15.5 Å². The first-order valence-electron chi connectivity index (χ1n) is 15.1. The van der Waals surface area contributed by atoms with Gasteiger partial charge in [0.2, 0.25) is 5.91 Å². The summed E-state index contributed by atoms with van der Waals surface area (Å²) < 4.78 is 58.6. The van der Waals surface area contributed by atoms with Crippen LogP contribution in [-0.2, 0) is 31.8 Å². The van der Waals surface area contributed by atoms with Gasteiger partial charge in [-0.25, -0.2) is 4.79 Å². The van der Waals surface area contributed by atoms with Crippen LogP contribution in [0.15, 0.2) is 54.7 Å². The molecule has 252 valence electrons. The maximum absolute atomic E-state index is 14.0. The number of pyridine rings is 1. The molecule has 0 saturated carbocycles. The van der Waals surface area contributed by atoms with Gasteiger partial charge in [-0.2, -0.15) is 13.2 Å². The Hall–Kier alpha value is -4.49. The van der Waals surface area contributed by atoms with Crippen molar-refractivity contribution in [3.8, 4) is 11.1 Å². The first-order chi connectivity index (χ1) is 22.1. The van der Waals surface area contributed by atoms with E-state index in [1.165, 1.54) is 19.0 Å². The van der Waals surface area contributed by atoms with Crippen molar-refractivity contribution >= 4 is 34.8 Å². The molecule has 0 bridgehead atoms. The number of Topliss-reactive ketones (excluding diaryl/α,β-unsaturated/α-hetero) is 1. The number of halogens is 3. The minimum absolute atomic E-state index is 0.133. The summed E-state index contributed by atoms with van der Waals surface area (Å²) in [7, 11) is 2.83. The summed E-state index contributed by atoms with van der Waals surface area (Å²) in [5, 5.41) is 4.79. The minimum Gasteiger partial charge on any atom is -0.444 e. The summed E-state index contributed by atoms with van der Waals surface area (Å²) in [6.07, 6.45) is -2.13. The lowest BCUT2D eigenvalue weighted by atomic mass is 10.00. The molecule has 1 unspecified atom stereocenters. The van der Waals surface area contributed by atoms with Crippen molar-refractivity contribution in [3.63, 3.8) is 0 Å². The van der Waals surface area contributed by atoms with E-state index in [-0.39, 0.29) is 35.5 Å². The molecule has 2 amide bonds. The number of ketones is 1. The number of carbonyl (C=O) groups is 3. The van der Waals surface area contributed by atoms with Gasteiger partial charge in [0.15, 0.2) is 12.1 Å². The molecule has 1 aliphatic heterocycles. The molecular formula is C34H39F3N4O6. The van der Waals surface area contributed by atoms with Crippen LogP contribution in [0.5, 0.6) is 0 Å². The Morgan fingerprint density at radius 2 is 1.70 bits per heavy atom. The normalized spacial score (nSPS) is 15.1. The van der Waals surface area contributed by atoms with E-state index in [1.807, 2.05) is 6.07 Å². The van der Waals surface area contributed by atoms with Gasteiger partial charge in [0.25, 0.3) is 0 Å². The van der Waals surface area contributed by atoms with Crippen molar-refractivity contribution in [2.45, 2.75) is 71.1 Å². The van der Waals surface area contributed by atoms with E-state index in [0.717, 1.165) is 37.0 Å². The highest BCUT2D eigenvalue weighted by Gasteiger charge is 2.36. The number of carbonyl (C=O) groups excluding carboxylic acids is 3. The second kappa shape index (κ2) is 14.9. The van der Waals surface area contributed by atoms with Gasteiger partial charge in [-0.15, -0.1) is 0 Å². The molecule has 1 atom stereocenters. The fraction of sp³-hybridized carbons (Fsp3) is 0.412. The van der Waals surface area contributed by atoms with E-state index >= 15 is 0 Å². The average molecular weight is 657 g/mol. The number of rotatable bonds is 10. The molecule has 2 N–H and O–H groups in total. The third-order valence-corrected chi connectivity index (χ3v) is 7.04. The van der Waals surface area contributed by atoms with Crippen molar-refractivity contribution < 1.29 is 41.8 Å². The first kappa shape index (κ1) is 35.4. The number of aromatic nitrogens is 1. The SMILES string of the molecule is CN(C)c1cc(NC(=O)OC(C)(C)C)c(NC(=O)CC(=O)c2cccc(-c3ccnc(COC4CCCCO4)c3)c2)cc1C(F)(F)F. The maximum Gasteiger partial charge on any atom is 0.418 e.